The predicted octanol–water partition coefficient (Wildman–Crippen LogP) is 28.3. The molecule has 1 N–H and O–H groups in total. The van der Waals surface area contributed by atoms with E-state index in [1.54, 1.807) is 11.3 Å². The van der Waals surface area contributed by atoms with Crippen molar-refractivity contribution in [1.82, 2.24) is 4.98 Å². The van der Waals surface area contributed by atoms with E-state index in [0.29, 0.717) is 0 Å². The lowest BCUT2D eigenvalue weighted by Crippen LogP contribution is -2.01. The minimum absolute atomic E-state index is 0.741. The van der Waals surface area contributed by atoms with E-state index in [-0.39, 0.29) is 0 Å². The molecule has 17 aromatic carbocycles. The van der Waals surface area contributed by atoms with Crippen molar-refractivity contribution in [1.29, 1.82) is 0 Å². The normalized spacial score (nSPS) is 12.4. The van der Waals surface area contributed by atoms with Crippen molar-refractivity contribution in [3.63, 3.8) is 0 Å². The molecule has 4 aromatic heterocycles. The molecule has 0 aliphatic heterocycles. The summed E-state index contributed by atoms with van der Waals surface area (Å²) in [5, 5.41) is 21.9. The molecule has 0 saturated heterocycles. The third-order valence-corrected chi connectivity index (χ3v) is 23.7. The fourth-order valence-electron chi connectivity index (χ4n) is 18.7. The highest BCUT2D eigenvalue weighted by atomic mass is 32.1. The fraction of sp³-hybridized carbons (Fsp3) is 0.0101. The number of aromatic amines is 1. The van der Waals surface area contributed by atoms with Gasteiger partial charge in [0.15, 0.2) is 0 Å². The second-order valence-electron chi connectivity index (χ2n) is 27.9. The van der Waals surface area contributed by atoms with Gasteiger partial charge in [-0.25, -0.2) is 0 Å². The molecule has 0 spiro atoms. The summed E-state index contributed by atoms with van der Waals surface area (Å²) < 4.78 is 16.0. The number of aromatic nitrogens is 1. The first-order chi connectivity index (χ1) is 51.2. The molecular formula is C99H57NO2S. The maximum atomic E-state index is 8.94. The first kappa shape index (κ1) is 56.7. The minimum atomic E-state index is 0.741. The molecule has 3 nitrogen and oxygen atoms in total. The number of benzene rings is 17. The van der Waals surface area contributed by atoms with Crippen molar-refractivity contribution < 1.29 is 8.83 Å². The smallest absolute Gasteiger partial charge is 0.144 e. The summed E-state index contributed by atoms with van der Waals surface area (Å²) in [6, 6.07) is 118. The van der Waals surface area contributed by atoms with Gasteiger partial charge in [0, 0.05) is 71.2 Å². The summed E-state index contributed by atoms with van der Waals surface area (Å²) >= 11 is 1.76. The van der Waals surface area contributed by atoms with E-state index in [1.165, 1.54) is 93.2 Å². The van der Waals surface area contributed by atoms with Crippen molar-refractivity contribution in [2.45, 2.75) is 6.42 Å². The Morgan fingerprint density at radius 2 is 0.816 bits per heavy atom. The Morgan fingerprint density at radius 3 is 1.59 bits per heavy atom. The number of nitrogens with one attached hydrogen (secondary N) is 1. The Morgan fingerprint density at radius 1 is 0.272 bits per heavy atom. The molecule has 0 unspecified atom stereocenters. The van der Waals surface area contributed by atoms with Gasteiger partial charge in [-0.1, -0.05) is 285 Å². The Kier molecular flexibility index (Phi) is 11.9. The third-order valence-electron chi connectivity index (χ3n) is 22.8. The molecule has 21 aromatic rings. The molecule has 476 valence electrons. The van der Waals surface area contributed by atoms with E-state index < -0.39 is 0 Å². The Hall–Kier alpha value is -13.1. The molecule has 103 heavy (non-hydrogen) atoms. The van der Waals surface area contributed by atoms with E-state index in [1.807, 2.05) is 12.3 Å². The standard InChI is InChI=1S/C99H57NO2S/c1-6-29-62-56(22-1)26-15-39-71(62)90-88(77-43-18-38-65-63-30-7-3-24-59(63)54-80(65)77)89(76-42-17-37-64-61-28-5-2-23-57(61)48-50-70(64)76)91(79-51-49-58-27-16-40-72-69-34-11-13-36-75(69)87(79)85(58)72)98-96(90)97-93(82-55-60-25-4-14-45-81(60)100-82)95(84-47-21-53-103-84)94(83-46-20-52-101-83)92(99(97)102-98)78-44-19-41-74-68-32-9-8-31-66(68)67-33-10-12-35-73(67)86(74)78/h1-53,55,100H,54H2. The average Bonchev–Trinajstić information content (AvgIpc) is 1.56. The lowest BCUT2D eigenvalue weighted by molar-refractivity contribution is 0.582. The van der Waals surface area contributed by atoms with Crippen LogP contribution in [0.15, 0.2) is 336 Å². The highest BCUT2D eigenvalue weighted by Gasteiger charge is 2.39. The molecule has 0 atom stereocenters. The minimum Gasteiger partial charge on any atom is -0.464 e. The van der Waals surface area contributed by atoms with Gasteiger partial charge < -0.3 is 13.8 Å². The second kappa shape index (κ2) is 21.7. The molecule has 0 saturated carbocycles. The molecule has 2 aliphatic rings. The van der Waals surface area contributed by atoms with Gasteiger partial charge in [-0.15, -0.1) is 11.3 Å². The average molecular weight is 1320 g/mol. The van der Waals surface area contributed by atoms with Gasteiger partial charge in [-0.2, -0.15) is 0 Å². The highest BCUT2D eigenvalue weighted by molar-refractivity contribution is 7.13. The number of rotatable bonds is 8. The van der Waals surface area contributed by atoms with E-state index in [4.69, 9.17) is 8.83 Å². The molecule has 0 bridgehead atoms. The summed E-state index contributed by atoms with van der Waals surface area (Å²) in [7, 11) is 0. The van der Waals surface area contributed by atoms with Crippen molar-refractivity contribution in [3.8, 4) is 122 Å². The highest BCUT2D eigenvalue weighted by Crippen LogP contribution is 2.64. The molecule has 0 radical (unpaired) electrons. The number of hydrogen-bond acceptors (Lipinski definition) is 3. The Labute approximate surface area is 596 Å². The molecule has 0 fully saturated rings. The van der Waals surface area contributed by atoms with Gasteiger partial charge in [0.05, 0.1) is 6.26 Å². The van der Waals surface area contributed by atoms with Gasteiger partial charge in [-0.3, -0.25) is 0 Å². The van der Waals surface area contributed by atoms with Gasteiger partial charge in [0.2, 0.25) is 0 Å². The maximum Gasteiger partial charge on any atom is 0.144 e. The van der Waals surface area contributed by atoms with E-state index >= 15 is 0 Å². The monoisotopic (exact) mass is 1320 g/mol. The molecule has 0 amide bonds. The molecule has 2 aliphatic carbocycles. The van der Waals surface area contributed by atoms with Crippen molar-refractivity contribution in [2.75, 3.05) is 0 Å². The zero-order valence-corrected chi connectivity index (χ0v) is 56.4. The number of thiophene rings is 1. The molecule has 4 heteroatoms. The quantitative estimate of drug-likeness (QED) is 0.154. The summed E-state index contributed by atoms with van der Waals surface area (Å²) in [5.41, 5.74) is 27.6. The lowest BCUT2D eigenvalue weighted by atomic mass is 9.75. The summed E-state index contributed by atoms with van der Waals surface area (Å²) in [5.74, 6) is 0.741. The van der Waals surface area contributed by atoms with Crippen LogP contribution in [0, 0.1) is 0 Å². The van der Waals surface area contributed by atoms with Crippen LogP contribution in [-0.2, 0) is 6.42 Å². The van der Waals surface area contributed by atoms with Gasteiger partial charge in [0.1, 0.15) is 16.9 Å². The summed E-state index contributed by atoms with van der Waals surface area (Å²) in [6.07, 6.45) is 2.60. The first-order valence-corrected chi connectivity index (χ1v) is 36.4. The molecule has 4 heterocycles. The first-order valence-electron chi connectivity index (χ1n) is 35.6. The number of hydrogen-bond donors (Lipinski definition) is 1. The van der Waals surface area contributed by atoms with Gasteiger partial charge in [-0.05, 0) is 195 Å². The summed E-state index contributed by atoms with van der Waals surface area (Å²) in [6.45, 7) is 0. The van der Waals surface area contributed by atoms with Crippen molar-refractivity contribution >= 4 is 120 Å². The van der Waals surface area contributed by atoms with Crippen LogP contribution in [0.3, 0.4) is 0 Å². The zero-order chi connectivity index (χ0) is 67.1. The van der Waals surface area contributed by atoms with E-state index in [0.717, 1.165) is 155 Å². The number of furan rings is 2. The van der Waals surface area contributed by atoms with Crippen LogP contribution in [0.4, 0.5) is 0 Å². The topological polar surface area (TPSA) is 42.1 Å². The summed E-state index contributed by atoms with van der Waals surface area (Å²) in [4.78, 5) is 5.25. The van der Waals surface area contributed by atoms with Crippen LogP contribution in [-0.4, -0.2) is 4.98 Å². The largest absolute Gasteiger partial charge is 0.464 e. The van der Waals surface area contributed by atoms with E-state index in [9.17, 15) is 0 Å². The predicted molar refractivity (Wildman–Crippen MR) is 434 cm³/mol. The number of H-pyrrole nitrogens is 1. The van der Waals surface area contributed by atoms with Crippen LogP contribution in [0.1, 0.15) is 11.1 Å². The van der Waals surface area contributed by atoms with Gasteiger partial charge in [0.25, 0.3) is 0 Å². The van der Waals surface area contributed by atoms with E-state index in [2.05, 4.69) is 320 Å². The SMILES string of the molecule is c1coc(-c2c(-c3cccs3)c(-c3cc4ccccc4[nH]3)c3c(oc4c(-c5ccc6cccc7c6c5-c5ccccc5-7)c(-c5cccc6c5ccc5ccccc56)c(-c5cccc6c5Cc5ccccc5-6)c(-c5cccc6ccccc56)c43)c2-c2cccc3c4ccccc4c4ccccc4c23)c1. The van der Waals surface area contributed by atoms with Crippen molar-refractivity contribution in [2.24, 2.45) is 0 Å². The van der Waals surface area contributed by atoms with Gasteiger partial charge >= 0.3 is 0 Å². The fourth-order valence-corrected chi connectivity index (χ4v) is 19.4. The van der Waals surface area contributed by atoms with Crippen LogP contribution >= 0.6 is 11.3 Å². The molecular weight excluding hydrogens is 1270 g/mol. The zero-order valence-electron chi connectivity index (χ0n) is 55.6. The lowest BCUT2D eigenvalue weighted by Gasteiger charge is -2.26. The maximum absolute atomic E-state index is 8.94. The van der Waals surface area contributed by atoms with Crippen LogP contribution in [0.5, 0.6) is 0 Å². The number of para-hydroxylation sites is 1. The molecule has 23 rings (SSSR count). The third kappa shape index (κ3) is 7.98. The Bertz CT molecular complexity index is 7180. The number of fused-ring (bicyclic) bond motifs is 20. The Balaban J connectivity index is 1.06. The van der Waals surface area contributed by atoms with Crippen LogP contribution in [0.2, 0.25) is 0 Å². The van der Waals surface area contributed by atoms with Crippen LogP contribution in [0.25, 0.3) is 230 Å². The van der Waals surface area contributed by atoms with Crippen molar-refractivity contribution in [3.05, 3.63) is 338 Å². The second-order valence-corrected chi connectivity index (χ2v) is 28.8. The van der Waals surface area contributed by atoms with Crippen LogP contribution < -0.4 is 0 Å².